The molecule has 0 radical (unpaired) electrons. The number of carbonyl (C=O) groups is 2. The smallest absolute Gasteiger partial charge is 0.326 e. The van der Waals surface area contributed by atoms with Gasteiger partial charge in [0, 0.05) is 5.56 Å². The molecule has 1 aromatic heterocycles. The summed E-state index contributed by atoms with van der Waals surface area (Å²) in [5.74, 6) is 0.517. The van der Waals surface area contributed by atoms with Gasteiger partial charge in [-0.1, -0.05) is 78.9 Å². The van der Waals surface area contributed by atoms with E-state index in [4.69, 9.17) is 4.42 Å². The van der Waals surface area contributed by atoms with Crippen molar-refractivity contribution in [1.29, 1.82) is 0 Å². The van der Waals surface area contributed by atoms with Crippen LogP contribution in [0.2, 0.25) is 0 Å². The minimum atomic E-state index is -1.31. The molecule has 0 saturated carbocycles. The van der Waals surface area contributed by atoms with Crippen LogP contribution < -0.4 is 5.32 Å². The minimum Gasteiger partial charge on any atom is -0.439 e. The summed E-state index contributed by atoms with van der Waals surface area (Å²) in [5, 5.41) is 2.97. The predicted octanol–water partition coefficient (Wildman–Crippen LogP) is 4.95. The first-order chi connectivity index (χ1) is 16.0. The Bertz CT molecular complexity index is 1330. The van der Waals surface area contributed by atoms with Crippen molar-refractivity contribution in [2.75, 3.05) is 0 Å². The van der Waals surface area contributed by atoms with Crippen LogP contribution in [0, 0.1) is 13.8 Å². The van der Waals surface area contributed by atoms with Crippen molar-refractivity contribution in [3.05, 3.63) is 113 Å². The second-order valence-corrected chi connectivity index (χ2v) is 8.22. The lowest BCUT2D eigenvalue weighted by Crippen LogP contribution is -2.45. The molecular formula is C27H23N3O3. The number of oxazole rings is 1. The molecule has 4 aromatic rings. The van der Waals surface area contributed by atoms with Gasteiger partial charge in [-0.05, 0) is 36.1 Å². The lowest BCUT2D eigenvalue weighted by atomic mass is 9.81. The monoisotopic (exact) mass is 437 g/mol. The Labute approximate surface area is 191 Å². The topological polar surface area (TPSA) is 75.4 Å². The molecule has 2 heterocycles. The van der Waals surface area contributed by atoms with Crippen molar-refractivity contribution in [2.24, 2.45) is 0 Å². The molecule has 1 saturated heterocycles. The highest BCUT2D eigenvalue weighted by Gasteiger charge is 2.54. The first-order valence-corrected chi connectivity index (χ1v) is 10.8. The van der Waals surface area contributed by atoms with Gasteiger partial charge < -0.3 is 9.73 Å². The lowest BCUT2D eigenvalue weighted by Gasteiger charge is -2.28. The van der Waals surface area contributed by atoms with E-state index in [0.717, 1.165) is 22.3 Å². The Hall–Kier alpha value is -4.19. The molecule has 1 aliphatic rings. The predicted molar refractivity (Wildman–Crippen MR) is 124 cm³/mol. The third-order valence-corrected chi connectivity index (χ3v) is 6.16. The number of hydrogen-bond donors (Lipinski definition) is 1. The molecule has 33 heavy (non-hydrogen) atoms. The molecule has 6 nitrogen and oxygen atoms in total. The van der Waals surface area contributed by atoms with E-state index in [1.807, 2.05) is 92.7 Å². The summed E-state index contributed by atoms with van der Waals surface area (Å²) < 4.78 is 5.86. The Morgan fingerprint density at radius 2 is 1.58 bits per heavy atom. The van der Waals surface area contributed by atoms with Gasteiger partial charge in [-0.3, -0.25) is 9.69 Å². The van der Waals surface area contributed by atoms with Gasteiger partial charge in [-0.2, -0.15) is 0 Å². The maximum atomic E-state index is 13.9. The van der Waals surface area contributed by atoms with E-state index in [2.05, 4.69) is 10.3 Å². The number of nitrogens with zero attached hydrogens (tertiary/aromatic N) is 2. The zero-order chi connectivity index (χ0) is 23.0. The number of urea groups is 1. The molecule has 3 amide bonds. The van der Waals surface area contributed by atoms with Crippen molar-refractivity contribution in [1.82, 2.24) is 15.2 Å². The molecular weight excluding hydrogens is 414 g/mol. The number of nitrogens with one attached hydrogen (secondary N) is 1. The van der Waals surface area contributed by atoms with E-state index in [0.29, 0.717) is 17.2 Å². The molecule has 0 aliphatic carbocycles. The second-order valence-electron chi connectivity index (χ2n) is 8.22. The van der Waals surface area contributed by atoms with Crippen LogP contribution >= 0.6 is 0 Å². The standard InChI is InChI=1S/C27H23N3O3/c1-18-13-14-22(15-19(18)2)27(21-11-7-4-8-12-21)25(31)30(26(32)29-27)17-24-28-16-23(33-24)20-9-5-3-6-10-20/h3-16H,17H2,1-2H3,(H,29,32). The fraction of sp³-hybridized carbons (Fsp3) is 0.148. The fourth-order valence-electron chi connectivity index (χ4n) is 4.19. The molecule has 1 fully saturated rings. The first kappa shape index (κ1) is 20.7. The molecule has 6 heteroatoms. The lowest BCUT2D eigenvalue weighted by molar-refractivity contribution is -0.130. The molecule has 1 atom stereocenters. The van der Waals surface area contributed by atoms with E-state index in [-0.39, 0.29) is 12.5 Å². The minimum absolute atomic E-state index is 0.0586. The summed E-state index contributed by atoms with van der Waals surface area (Å²) >= 11 is 0. The summed E-state index contributed by atoms with van der Waals surface area (Å²) in [4.78, 5) is 32.5. The van der Waals surface area contributed by atoms with Gasteiger partial charge in [0.2, 0.25) is 5.89 Å². The van der Waals surface area contributed by atoms with Crippen LogP contribution in [0.5, 0.6) is 0 Å². The van der Waals surface area contributed by atoms with Crippen LogP contribution in [0.4, 0.5) is 4.79 Å². The number of aryl methyl sites for hydroxylation is 2. The molecule has 3 aromatic carbocycles. The van der Waals surface area contributed by atoms with Crippen LogP contribution in [-0.2, 0) is 16.9 Å². The Balaban J connectivity index is 1.53. The molecule has 1 aliphatic heterocycles. The number of imide groups is 1. The third kappa shape index (κ3) is 3.49. The number of hydrogen-bond acceptors (Lipinski definition) is 4. The molecule has 0 bridgehead atoms. The average molecular weight is 437 g/mol. The number of benzene rings is 3. The Morgan fingerprint density at radius 3 is 2.27 bits per heavy atom. The van der Waals surface area contributed by atoms with Gasteiger partial charge in [0.25, 0.3) is 5.91 Å². The van der Waals surface area contributed by atoms with Crippen molar-refractivity contribution in [2.45, 2.75) is 25.9 Å². The molecule has 5 rings (SSSR count). The summed E-state index contributed by atoms with van der Waals surface area (Å²) in [6, 6.07) is 24.2. The normalized spacial score (nSPS) is 17.9. The zero-order valence-corrected chi connectivity index (χ0v) is 18.4. The van der Waals surface area contributed by atoms with Gasteiger partial charge in [-0.25, -0.2) is 9.78 Å². The summed E-state index contributed by atoms with van der Waals surface area (Å²) in [6.07, 6.45) is 1.61. The molecule has 164 valence electrons. The highest BCUT2D eigenvalue weighted by atomic mass is 16.4. The van der Waals surface area contributed by atoms with E-state index < -0.39 is 11.6 Å². The number of amides is 3. The maximum Gasteiger partial charge on any atom is 0.326 e. The van der Waals surface area contributed by atoms with Gasteiger partial charge >= 0.3 is 6.03 Å². The third-order valence-electron chi connectivity index (χ3n) is 6.16. The Kier molecular flexibility index (Phi) is 5.05. The SMILES string of the molecule is Cc1ccc(C2(c3ccccc3)NC(=O)N(Cc3ncc(-c4ccccc4)o3)C2=O)cc1C. The number of rotatable bonds is 5. The van der Waals surface area contributed by atoms with E-state index in [9.17, 15) is 9.59 Å². The van der Waals surface area contributed by atoms with Crippen molar-refractivity contribution < 1.29 is 14.0 Å². The van der Waals surface area contributed by atoms with Gasteiger partial charge in [0.05, 0.1) is 6.20 Å². The maximum absolute atomic E-state index is 13.9. The van der Waals surface area contributed by atoms with E-state index in [1.165, 1.54) is 4.90 Å². The molecule has 1 unspecified atom stereocenters. The highest BCUT2D eigenvalue weighted by Crippen LogP contribution is 2.37. The first-order valence-electron chi connectivity index (χ1n) is 10.8. The Morgan fingerprint density at radius 1 is 0.879 bits per heavy atom. The number of carbonyl (C=O) groups excluding carboxylic acids is 2. The van der Waals surface area contributed by atoms with Gasteiger partial charge in [-0.15, -0.1) is 0 Å². The summed E-state index contributed by atoms with van der Waals surface area (Å²) in [6.45, 7) is 3.95. The molecule has 0 spiro atoms. The molecule has 1 N–H and O–H groups in total. The summed E-state index contributed by atoms with van der Waals surface area (Å²) in [7, 11) is 0. The quantitative estimate of drug-likeness (QED) is 0.448. The van der Waals surface area contributed by atoms with E-state index >= 15 is 0 Å². The van der Waals surface area contributed by atoms with E-state index in [1.54, 1.807) is 6.20 Å². The van der Waals surface area contributed by atoms with Crippen molar-refractivity contribution in [3.63, 3.8) is 0 Å². The largest absolute Gasteiger partial charge is 0.439 e. The van der Waals surface area contributed by atoms with Crippen LogP contribution in [0.3, 0.4) is 0 Å². The highest BCUT2D eigenvalue weighted by molar-refractivity contribution is 6.09. The average Bonchev–Trinajstić information content (AvgIpc) is 3.41. The van der Waals surface area contributed by atoms with Crippen molar-refractivity contribution in [3.8, 4) is 11.3 Å². The second kappa shape index (κ2) is 8.06. The zero-order valence-electron chi connectivity index (χ0n) is 18.4. The van der Waals surface area contributed by atoms with Crippen LogP contribution in [0.15, 0.2) is 89.5 Å². The van der Waals surface area contributed by atoms with Crippen LogP contribution in [0.1, 0.15) is 28.1 Å². The van der Waals surface area contributed by atoms with Crippen LogP contribution in [0.25, 0.3) is 11.3 Å². The van der Waals surface area contributed by atoms with Crippen LogP contribution in [-0.4, -0.2) is 21.8 Å². The van der Waals surface area contributed by atoms with Crippen molar-refractivity contribution >= 4 is 11.9 Å². The number of aromatic nitrogens is 1. The van der Waals surface area contributed by atoms with Gasteiger partial charge in [0.1, 0.15) is 6.54 Å². The summed E-state index contributed by atoms with van der Waals surface area (Å²) in [5.41, 5.74) is 3.14. The van der Waals surface area contributed by atoms with Gasteiger partial charge in [0.15, 0.2) is 11.3 Å². The fourth-order valence-corrected chi connectivity index (χ4v) is 4.19.